The number of carbonyl (C=O) groups is 1. The molecule has 0 aliphatic carbocycles. The molecule has 2 heterocycles. The largest absolute Gasteiger partial charge is 0.376 e. The van der Waals surface area contributed by atoms with Gasteiger partial charge in [-0.05, 0) is 36.0 Å². The fourth-order valence-electron chi connectivity index (χ4n) is 3.15. The normalized spacial score (nSPS) is 23.5. The van der Waals surface area contributed by atoms with Gasteiger partial charge in [0.2, 0.25) is 5.91 Å². The zero-order chi connectivity index (χ0) is 14.1. The van der Waals surface area contributed by atoms with Gasteiger partial charge in [-0.1, -0.05) is 18.2 Å². The van der Waals surface area contributed by atoms with E-state index in [-0.39, 0.29) is 18.1 Å². The Hall–Kier alpha value is -1.39. The Balaban J connectivity index is 1.81. The smallest absolute Gasteiger partial charge is 0.219 e. The molecule has 1 aromatic rings. The molecule has 0 spiro atoms. The lowest BCUT2D eigenvalue weighted by Gasteiger charge is -2.29. The van der Waals surface area contributed by atoms with E-state index in [2.05, 4.69) is 18.2 Å². The number of hydrogen-bond acceptors (Lipinski definition) is 3. The van der Waals surface area contributed by atoms with Crippen LogP contribution in [0.25, 0.3) is 0 Å². The van der Waals surface area contributed by atoms with Crippen molar-refractivity contribution in [2.24, 2.45) is 5.73 Å². The van der Waals surface area contributed by atoms with Gasteiger partial charge in [0.25, 0.3) is 0 Å². The summed E-state index contributed by atoms with van der Waals surface area (Å²) < 4.78 is 5.68. The summed E-state index contributed by atoms with van der Waals surface area (Å²) in [5, 5.41) is 0. The summed E-state index contributed by atoms with van der Waals surface area (Å²) in [5.74, 6) is 0.143. The molecule has 108 valence electrons. The third-order valence-corrected chi connectivity index (χ3v) is 4.44. The monoisotopic (exact) mass is 274 g/mol. The van der Waals surface area contributed by atoms with Crippen LogP contribution in [0.4, 0.5) is 0 Å². The Morgan fingerprint density at radius 3 is 3.00 bits per heavy atom. The summed E-state index contributed by atoms with van der Waals surface area (Å²) in [5.41, 5.74) is 10.0. The SMILES string of the molecule is CC(=O)N1CCc2ccc(C(N)C3CCCO3)cc2C1. The molecule has 1 aromatic carbocycles. The van der Waals surface area contributed by atoms with E-state index in [1.54, 1.807) is 6.92 Å². The lowest BCUT2D eigenvalue weighted by atomic mass is 9.93. The molecule has 4 nitrogen and oxygen atoms in total. The fourth-order valence-corrected chi connectivity index (χ4v) is 3.15. The summed E-state index contributed by atoms with van der Waals surface area (Å²) in [7, 11) is 0. The van der Waals surface area contributed by atoms with Gasteiger partial charge in [0.1, 0.15) is 0 Å². The number of benzene rings is 1. The summed E-state index contributed by atoms with van der Waals surface area (Å²) >= 11 is 0. The van der Waals surface area contributed by atoms with Crippen molar-refractivity contribution in [2.75, 3.05) is 13.2 Å². The highest BCUT2D eigenvalue weighted by Gasteiger charge is 2.25. The first kappa shape index (κ1) is 13.6. The first-order valence-electron chi connectivity index (χ1n) is 7.39. The summed E-state index contributed by atoms with van der Waals surface area (Å²) in [6.45, 7) is 3.98. The van der Waals surface area contributed by atoms with Crippen LogP contribution in [-0.2, 0) is 22.5 Å². The molecule has 0 radical (unpaired) electrons. The van der Waals surface area contributed by atoms with Crippen LogP contribution in [0.15, 0.2) is 18.2 Å². The number of nitrogens with zero attached hydrogens (tertiary/aromatic N) is 1. The number of rotatable bonds is 2. The van der Waals surface area contributed by atoms with Crippen LogP contribution < -0.4 is 5.73 Å². The molecule has 2 aliphatic heterocycles. The van der Waals surface area contributed by atoms with Crippen molar-refractivity contribution in [3.8, 4) is 0 Å². The molecular formula is C16H22N2O2. The van der Waals surface area contributed by atoms with E-state index >= 15 is 0 Å². The van der Waals surface area contributed by atoms with Crippen molar-refractivity contribution < 1.29 is 9.53 Å². The van der Waals surface area contributed by atoms with Crippen molar-refractivity contribution in [2.45, 2.75) is 44.9 Å². The third kappa shape index (κ3) is 2.58. The molecule has 0 bridgehead atoms. The maximum Gasteiger partial charge on any atom is 0.219 e. The highest BCUT2D eigenvalue weighted by atomic mass is 16.5. The molecule has 0 aromatic heterocycles. The highest BCUT2D eigenvalue weighted by Crippen LogP contribution is 2.28. The summed E-state index contributed by atoms with van der Waals surface area (Å²) in [6, 6.07) is 6.39. The molecule has 1 saturated heterocycles. The number of amides is 1. The van der Waals surface area contributed by atoms with Crippen LogP contribution in [0.1, 0.15) is 42.5 Å². The molecular weight excluding hydrogens is 252 g/mol. The average molecular weight is 274 g/mol. The summed E-state index contributed by atoms with van der Waals surface area (Å²) in [4.78, 5) is 13.4. The Morgan fingerprint density at radius 2 is 2.30 bits per heavy atom. The lowest BCUT2D eigenvalue weighted by Crippen LogP contribution is -2.34. The fraction of sp³-hybridized carbons (Fsp3) is 0.562. The van der Waals surface area contributed by atoms with Crippen LogP contribution in [0.2, 0.25) is 0 Å². The van der Waals surface area contributed by atoms with Crippen molar-refractivity contribution in [3.63, 3.8) is 0 Å². The van der Waals surface area contributed by atoms with E-state index in [4.69, 9.17) is 10.5 Å². The molecule has 1 amide bonds. The van der Waals surface area contributed by atoms with Gasteiger partial charge in [0, 0.05) is 26.6 Å². The van der Waals surface area contributed by atoms with E-state index in [1.165, 1.54) is 11.1 Å². The summed E-state index contributed by atoms with van der Waals surface area (Å²) in [6.07, 6.45) is 3.21. The Kier molecular flexibility index (Phi) is 3.76. The van der Waals surface area contributed by atoms with E-state index in [0.29, 0.717) is 6.54 Å². The predicted octanol–water partition coefficient (Wildman–Crippen LogP) is 1.77. The van der Waals surface area contributed by atoms with Gasteiger partial charge in [-0.3, -0.25) is 4.79 Å². The van der Waals surface area contributed by atoms with E-state index < -0.39 is 0 Å². The molecule has 2 unspecified atom stereocenters. The van der Waals surface area contributed by atoms with Crippen molar-refractivity contribution in [3.05, 3.63) is 34.9 Å². The van der Waals surface area contributed by atoms with Crippen LogP contribution in [0.3, 0.4) is 0 Å². The molecule has 0 saturated carbocycles. The van der Waals surface area contributed by atoms with Gasteiger partial charge in [0.15, 0.2) is 0 Å². The Bertz CT molecular complexity index is 509. The van der Waals surface area contributed by atoms with Gasteiger partial charge in [-0.2, -0.15) is 0 Å². The molecule has 20 heavy (non-hydrogen) atoms. The maximum absolute atomic E-state index is 11.5. The van der Waals surface area contributed by atoms with Gasteiger partial charge < -0.3 is 15.4 Å². The van der Waals surface area contributed by atoms with Gasteiger partial charge >= 0.3 is 0 Å². The minimum Gasteiger partial charge on any atom is -0.376 e. The van der Waals surface area contributed by atoms with Crippen molar-refractivity contribution >= 4 is 5.91 Å². The number of carbonyl (C=O) groups excluding carboxylic acids is 1. The van der Waals surface area contributed by atoms with E-state index in [9.17, 15) is 4.79 Å². The zero-order valence-corrected chi connectivity index (χ0v) is 12.0. The minimum atomic E-state index is -0.0597. The van der Waals surface area contributed by atoms with Gasteiger partial charge in [-0.25, -0.2) is 0 Å². The second kappa shape index (κ2) is 5.54. The zero-order valence-electron chi connectivity index (χ0n) is 12.0. The van der Waals surface area contributed by atoms with E-state index in [1.807, 2.05) is 4.90 Å². The number of nitrogens with two attached hydrogens (primary N) is 1. The molecule has 4 heteroatoms. The number of fused-ring (bicyclic) bond motifs is 1. The quantitative estimate of drug-likeness (QED) is 0.894. The van der Waals surface area contributed by atoms with Crippen LogP contribution in [0, 0.1) is 0 Å². The van der Waals surface area contributed by atoms with Crippen LogP contribution in [-0.4, -0.2) is 30.1 Å². The van der Waals surface area contributed by atoms with Crippen LogP contribution in [0.5, 0.6) is 0 Å². The van der Waals surface area contributed by atoms with E-state index in [0.717, 1.165) is 38.0 Å². The topological polar surface area (TPSA) is 55.6 Å². The van der Waals surface area contributed by atoms with Crippen LogP contribution >= 0.6 is 0 Å². The van der Waals surface area contributed by atoms with Gasteiger partial charge in [0.05, 0.1) is 12.1 Å². The molecule has 3 rings (SSSR count). The highest BCUT2D eigenvalue weighted by molar-refractivity contribution is 5.73. The maximum atomic E-state index is 11.5. The van der Waals surface area contributed by atoms with Crippen molar-refractivity contribution in [1.82, 2.24) is 4.90 Å². The molecule has 2 N–H and O–H groups in total. The first-order chi connectivity index (χ1) is 9.65. The average Bonchev–Trinajstić information content (AvgIpc) is 2.99. The lowest BCUT2D eigenvalue weighted by molar-refractivity contribution is -0.129. The second-order valence-electron chi connectivity index (χ2n) is 5.80. The molecule has 1 fully saturated rings. The third-order valence-electron chi connectivity index (χ3n) is 4.44. The first-order valence-corrected chi connectivity index (χ1v) is 7.39. The van der Waals surface area contributed by atoms with Gasteiger partial charge in [-0.15, -0.1) is 0 Å². The second-order valence-corrected chi connectivity index (χ2v) is 5.80. The minimum absolute atomic E-state index is 0.0597. The molecule has 2 aliphatic rings. The van der Waals surface area contributed by atoms with Crippen molar-refractivity contribution in [1.29, 1.82) is 0 Å². The molecule has 2 atom stereocenters. The predicted molar refractivity (Wildman–Crippen MR) is 77.1 cm³/mol. The standard InChI is InChI=1S/C16H22N2O2/c1-11(19)18-7-6-12-4-5-13(9-14(12)10-18)16(17)15-3-2-8-20-15/h4-5,9,15-16H,2-3,6-8,10,17H2,1H3. The number of ether oxygens (including phenoxy) is 1. The Morgan fingerprint density at radius 1 is 1.45 bits per heavy atom. The number of hydrogen-bond donors (Lipinski definition) is 1. The Labute approximate surface area is 119 Å².